The number of likely N-dealkylation sites (tertiary alicyclic amines) is 1. The SMILES string of the molecule is CN(C(=O)C1CCCN(C(=O)c2ccc(Cl)cc2)C1)c1c(N)n(Cc2ccccc2)c(=O)[nH]c1=O. The van der Waals surface area contributed by atoms with Gasteiger partial charge < -0.3 is 15.5 Å². The van der Waals surface area contributed by atoms with Crippen molar-refractivity contribution < 1.29 is 9.59 Å². The number of amides is 2. The van der Waals surface area contributed by atoms with Gasteiger partial charge >= 0.3 is 5.69 Å². The number of carbonyl (C=O) groups excluding carboxylic acids is 2. The summed E-state index contributed by atoms with van der Waals surface area (Å²) in [4.78, 5) is 56.5. The van der Waals surface area contributed by atoms with Crippen molar-refractivity contribution in [2.24, 2.45) is 5.92 Å². The van der Waals surface area contributed by atoms with Crippen LogP contribution in [0.25, 0.3) is 0 Å². The Morgan fingerprint density at radius 3 is 2.49 bits per heavy atom. The highest BCUT2D eigenvalue weighted by molar-refractivity contribution is 6.30. The number of carbonyl (C=O) groups is 2. The third kappa shape index (κ3) is 5.14. The molecule has 10 heteroatoms. The first-order valence-electron chi connectivity index (χ1n) is 11.2. The van der Waals surface area contributed by atoms with E-state index < -0.39 is 17.2 Å². The van der Waals surface area contributed by atoms with Gasteiger partial charge in [-0.05, 0) is 42.7 Å². The number of H-pyrrole nitrogens is 1. The molecule has 2 amide bonds. The third-order valence-corrected chi connectivity index (χ3v) is 6.46. The van der Waals surface area contributed by atoms with Crippen molar-refractivity contribution in [1.29, 1.82) is 0 Å². The summed E-state index contributed by atoms with van der Waals surface area (Å²) in [6.45, 7) is 0.885. The van der Waals surface area contributed by atoms with Crippen LogP contribution in [0.1, 0.15) is 28.8 Å². The molecular weight excluding hydrogens is 470 g/mol. The number of nitrogens with one attached hydrogen (secondary N) is 1. The van der Waals surface area contributed by atoms with Crippen LogP contribution in [0.2, 0.25) is 5.02 Å². The molecule has 0 bridgehead atoms. The van der Waals surface area contributed by atoms with Crippen LogP contribution < -0.4 is 21.9 Å². The maximum Gasteiger partial charge on any atom is 0.330 e. The lowest BCUT2D eigenvalue weighted by Gasteiger charge is -2.34. The van der Waals surface area contributed by atoms with Crippen molar-refractivity contribution >= 4 is 34.9 Å². The smallest absolute Gasteiger partial charge is 0.330 e. The van der Waals surface area contributed by atoms with Crippen molar-refractivity contribution in [2.45, 2.75) is 19.4 Å². The molecule has 0 saturated carbocycles. The second-order valence-electron chi connectivity index (χ2n) is 8.56. The average molecular weight is 496 g/mol. The normalized spacial score (nSPS) is 15.6. The van der Waals surface area contributed by atoms with E-state index in [0.29, 0.717) is 30.0 Å². The quantitative estimate of drug-likeness (QED) is 0.562. The Hall–Kier alpha value is -3.85. The van der Waals surface area contributed by atoms with Gasteiger partial charge in [-0.25, -0.2) is 4.79 Å². The minimum atomic E-state index is -0.738. The minimum absolute atomic E-state index is 0.0910. The van der Waals surface area contributed by atoms with Crippen molar-refractivity contribution in [1.82, 2.24) is 14.5 Å². The van der Waals surface area contributed by atoms with E-state index in [9.17, 15) is 19.2 Å². The first kappa shape index (κ1) is 24.3. The number of piperidine rings is 1. The van der Waals surface area contributed by atoms with Crippen LogP contribution in [0.3, 0.4) is 0 Å². The first-order valence-corrected chi connectivity index (χ1v) is 11.6. The highest BCUT2D eigenvalue weighted by Gasteiger charge is 2.32. The van der Waals surface area contributed by atoms with Gasteiger partial charge in [0, 0.05) is 30.7 Å². The Labute approximate surface area is 206 Å². The molecule has 9 nitrogen and oxygen atoms in total. The van der Waals surface area contributed by atoms with E-state index in [2.05, 4.69) is 4.98 Å². The van der Waals surface area contributed by atoms with Gasteiger partial charge in [-0.2, -0.15) is 0 Å². The fourth-order valence-electron chi connectivity index (χ4n) is 4.35. The van der Waals surface area contributed by atoms with Gasteiger partial charge in [0.2, 0.25) is 5.91 Å². The zero-order valence-corrected chi connectivity index (χ0v) is 20.0. The Bertz CT molecular complexity index is 1350. The Kier molecular flexibility index (Phi) is 7.07. The molecule has 0 spiro atoms. The van der Waals surface area contributed by atoms with Gasteiger partial charge in [-0.3, -0.25) is 23.9 Å². The fourth-order valence-corrected chi connectivity index (χ4v) is 4.47. The summed E-state index contributed by atoms with van der Waals surface area (Å²) in [5, 5.41) is 0.534. The number of rotatable bonds is 5. The predicted molar refractivity (Wildman–Crippen MR) is 135 cm³/mol. The van der Waals surface area contributed by atoms with E-state index in [4.69, 9.17) is 17.3 Å². The van der Waals surface area contributed by atoms with Crippen LogP contribution in [0.4, 0.5) is 11.5 Å². The van der Waals surface area contributed by atoms with E-state index in [1.807, 2.05) is 30.3 Å². The number of halogens is 1. The maximum atomic E-state index is 13.4. The molecule has 1 atom stereocenters. The lowest BCUT2D eigenvalue weighted by molar-refractivity contribution is -0.123. The fraction of sp³-hybridized carbons (Fsp3) is 0.280. The predicted octanol–water partition coefficient (Wildman–Crippen LogP) is 2.34. The topological polar surface area (TPSA) is 121 Å². The van der Waals surface area contributed by atoms with Gasteiger partial charge in [-0.15, -0.1) is 0 Å². The molecule has 3 N–H and O–H groups in total. The number of nitrogens with zero attached hydrogens (tertiary/aromatic N) is 3. The molecule has 3 aromatic rings. The molecule has 1 aromatic heterocycles. The van der Waals surface area contributed by atoms with E-state index >= 15 is 0 Å². The van der Waals surface area contributed by atoms with Crippen molar-refractivity contribution in [3.63, 3.8) is 0 Å². The molecule has 1 aliphatic rings. The highest BCUT2D eigenvalue weighted by Crippen LogP contribution is 2.24. The molecule has 2 aromatic carbocycles. The van der Waals surface area contributed by atoms with E-state index in [0.717, 1.165) is 5.56 Å². The number of hydrogen-bond donors (Lipinski definition) is 2. The molecule has 1 aliphatic heterocycles. The molecule has 1 unspecified atom stereocenters. The zero-order valence-electron chi connectivity index (χ0n) is 19.2. The monoisotopic (exact) mass is 495 g/mol. The Balaban J connectivity index is 1.56. The van der Waals surface area contributed by atoms with Crippen molar-refractivity contribution in [3.8, 4) is 0 Å². The van der Waals surface area contributed by atoms with Crippen molar-refractivity contribution in [3.05, 3.63) is 91.6 Å². The summed E-state index contributed by atoms with van der Waals surface area (Å²) < 4.78 is 1.23. The number of nitrogens with two attached hydrogens (primary N) is 1. The first-order chi connectivity index (χ1) is 16.8. The van der Waals surface area contributed by atoms with Gasteiger partial charge in [-0.1, -0.05) is 41.9 Å². The molecule has 182 valence electrons. The molecule has 1 saturated heterocycles. The summed E-state index contributed by atoms with van der Waals surface area (Å²) in [5.74, 6) is -1.14. The highest BCUT2D eigenvalue weighted by atomic mass is 35.5. The standard InChI is InChI=1S/C25H26ClN5O4/c1-29(20-21(27)31(25(35)28-22(20)32)14-16-6-3-2-4-7-16)23(33)18-8-5-13-30(15-18)24(34)17-9-11-19(26)12-10-17/h2-4,6-7,9-12,18H,5,8,13-15,27H2,1H3,(H,28,32,35). The lowest BCUT2D eigenvalue weighted by atomic mass is 9.95. The second-order valence-corrected chi connectivity index (χ2v) is 9.00. The number of hydrogen-bond acceptors (Lipinski definition) is 5. The van der Waals surface area contributed by atoms with Crippen LogP contribution in [-0.2, 0) is 11.3 Å². The lowest BCUT2D eigenvalue weighted by Crippen LogP contribution is -2.47. The number of aromatic nitrogens is 2. The third-order valence-electron chi connectivity index (χ3n) is 6.21. The molecular formula is C25H26ClN5O4. The summed E-state index contributed by atoms with van der Waals surface area (Å²) in [6, 6.07) is 15.8. The number of nitrogen functional groups attached to an aromatic ring is 1. The average Bonchev–Trinajstić information content (AvgIpc) is 2.86. The van der Waals surface area contributed by atoms with Crippen LogP contribution in [0.5, 0.6) is 0 Å². The van der Waals surface area contributed by atoms with Crippen LogP contribution in [0, 0.1) is 5.92 Å². The van der Waals surface area contributed by atoms with Crippen LogP contribution in [0.15, 0.2) is 64.2 Å². The largest absolute Gasteiger partial charge is 0.383 e. The van der Waals surface area contributed by atoms with Crippen molar-refractivity contribution in [2.75, 3.05) is 30.8 Å². The van der Waals surface area contributed by atoms with Crippen LogP contribution in [-0.4, -0.2) is 46.4 Å². The maximum absolute atomic E-state index is 13.4. The Morgan fingerprint density at radius 1 is 1.11 bits per heavy atom. The van der Waals surface area contributed by atoms with E-state index in [1.54, 1.807) is 29.2 Å². The van der Waals surface area contributed by atoms with Gasteiger partial charge in [0.1, 0.15) is 5.82 Å². The molecule has 4 rings (SSSR count). The minimum Gasteiger partial charge on any atom is -0.383 e. The molecule has 2 heterocycles. The zero-order chi connectivity index (χ0) is 25.1. The van der Waals surface area contributed by atoms with E-state index in [1.165, 1.54) is 16.5 Å². The second kappa shape index (κ2) is 10.2. The Morgan fingerprint density at radius 2 is 1.80 bits per heavy atom. The number of aromatic amines is 1. The molecule has 1 fully saturated rings. The molecule has 0 radical (unpaired) electrons. The molecule has 35 heavy (non-hydrogen) atoms. The number of benzene rings is 2. The van der Waals surface area contributed by atoms with Gasteiger partial charge in [0.15, 0.2) is 5.69 Å². The van der Waals surface area contributed by atoms with Crippen LogP contribution >= 0.6 is 11.6 Å². The summed E-state index contributed by atoms with van der Waals surface area (Å²) in [6.07, 6.45) is 1.21. The van der Waals surface area contributed by atoms with E-state index in [-0.39, 0.29) is 36.4 Å². The summed E-state index contributed by atoms with van der Waals surface area (Å²) in [7, 11) is 1.46. The van der Waals surface area contributed by atoms with Gasteiger partial charge in [0.05, 0.1) is 12.5 Å². The summed E-state index contributed by atoms with van der Waals surface area (Å²) in [5.41, 5.74) is 6.06. The summed E-state index contributed by atoms with van der Waals surface area (Å²) >= 11 is 5.92. The van der Waals surface area contributed by atoms with Gasteiger partial charge in [0.25, 0.3) is 11.5 Å². The number of anilines is 2. The molecule has 0 aliphatic carbocycles.